The van der Waals surface area contributed by atoms with Gasteiger partial charge in [-0.25, -0.2) is 15.0 Å². The summed E-state index contributed by atoms with van der Waals surface area (Å²) >= 11 is 5.29. The molecule has 2 fully saturated rings. The second-order valence-electron chi connectivity index (χ2n) is 6.55. The maximum Gasteiger partial charge on any atom is 0.227 e. The van der Waals surface area contributed by atoms with Crippen molar-refractivity contribution in [3.63, 3.8) is 0 Å². The van der Waals surface area contributed by atoms with E-state index in [1.54, 1.807) is 18.4 Å². The molecule has 3 aromatic rings. The lowest BCUT2D eigenvalue weighted by atomic mass is 10.2. The molecule has 0 radical (unpaired) electrons. The van der Waals surface area contributed by atoms with Gasteiger partial charge in [-0.05, 0) is 34.8 Å². The predicted molar refractivity (Wildman–Crippen MR) is 105 cm³/mol. The van der Waals surface area contributed by atoms with Crippen molar-refractivity contribution in [3.8, 4) is 17.1 Å². The molecule has 2 unspecified atom stereocenters. The third-order valence-corrected chi connectivity index (χ3v) is 6.93. The number of nitrogens with zero attached hydrogens (tertiary/aromatic N) is 4. The van der Waals surface area contributed by atoms with Crippen LogP contribution >= 0.6 is 27.3 Å². The summed E-state index contributed by atoms with van der Waals surface area (Å²) in [6.45, 7) is 1.50. The Labute approximate surface area is 163 Å². The lowest BCUT2D eigenvalue weighted by Crippen LogP contribution is -2.46. The molecule has 26 heavy (non-hydrogen) atoms. The molecule has 2 saturated heterocycles. The van der Waals surface area contributed by atoms with Crippen molar-refractivity contribution >= 4 is 43.4 Å². The molecule has 0 spiro atoms. The van der Waals surface area contributed by atoms with E-state index < -0.39 is 0 Å². The first-order valence-corrected chi connectivity index (χ1v) is 10.2. The Morgan fingerprint density at radius 1 is 1.23 bits per heavy atom. The van der Waals surface area contributed by atoms with Crippen molar-refractivity contribution in [2.24, 2.45) is 0 Å². The lowest BCUT2D eigenvalue weighted by molar-refractivity contribution is 0.0898. The molecule has 6 nitrogen and oxygen atoms in total. The summed E-state index contributed by atoms with van der Waals surface area (Å²) in [5.41, 5.74) is 2.84. The Balaban J connectivity index is 1.67. The van der Waals surface area contributed by atoms with Crippen molar-refractivity contribution in [2.75, 3.05) is 25.2 Å². The van der Waals surface area contributed by atoms with Crippen LogP contribution < -0.4 is 9.64 Å². The number of ether oxygens (including phenoxy) is 2. The van der Waals surface area contributed by atoms with E-state index in [1.165, 1.54) is 0 Å². The van der Waals surface area contributed by atoms with Crippen LogP contribution in [0.4, 0.5) is 5.95 Å². The summed E-state index contributed by atoms with van der Waals surface area (Å²) in [6, 6.07) is 4.60. The van der Waals surface area contributed by atoms with Crippen molar-refractivity contribution in [2.45, 2.75) is 24.9 Å². The molecule has 0 N–H and O–H groups in total. The van der Waals surface area contributed by atoms with Crippen LogP contribution in [0.2, 0.25) is 0 Å². The molecule has 0 aliphatic carbocycles. The molecule has 2 atom stereocenters. The molecular formula is C18H17BrN4O2S. The molecule has 0 saturated carbocycles. The number of methoxy groups -OCH3 is 1. The van der Waals surface area contributed by atoms with E-state index in [0.717, 1.165) is 58.0 Å². The van der Waals surface area contributed by atoms with E-state index in [1.807, 2.05) is 18.3 Å². The number of halogens is 1. The highest BCUT2D eigenvalue weighted by atomic mass is 79.9. The van der Waals surface area contributed by atoms with Gasteiger partial charge in [-0.15, -0.1) is 11.3 Å². The van der Waals surface area contributed by atoms with Crippen LogP contribution in [-0.2, 0) is 4.74 Å². The monoisotopic (exact) mass is 432 g/mol. The summed E-state index contributed by atoms with van der Waals surface area (Å²) in [4.78, 5) is 16.6. The van der Waals surface area contributed by atoms with E-state index in [0.29, 0.717) is 18.0 Å². The minimum absolute atomic E-state index is 0.366. The first-order valence-electron chi connectivity index (χ1n) is 8.56. The van der Waals surface area contributed by atoms with Gasteiger partial charge in [0.1, 0.15) is 5.52 Å². The fraction of sp³-hybridized carbons (Fsp3) is 0.389. The molecule has 5 rings (SSSR count). The summed E-state index contributed by atoms with van der Waals surface area (Å²) in [6.07, 6.45) is 4.08. The molecule has 5 heterocycles. The van der Waals surface area contributed by atoms with Crippen molar-refractivity contribution in [1.82, 2.24) is 15.0 Å². The van der Waals surface area contributed by atoms with Crippen molar-refractivity contribution in [1.29, 1.82) is 0 Å². The molecule has 134 valence electrons. The van der Waals surface area contributed by atoms with E-state index in [-0.39, 0.29) is 0 Å². The molecule has 8 heteroatoms. The molecule has 0 aromatic carbocycles. The highest BCUT2D eigenvalue weighted by molar-refractivity contribution is 9.10. The van der Waals surface area contributed by atoms with Crippen LogP contribution in [0, 0.1) is 0 Å². The smallest absolute Gasteiger partial charge is 0.227 e. The van der Waals surface area contributed by atoms with Gasteiger partial charge in [-0.1, -0.05) is 0 Å². The molecule has 3 aromatic heterocycles. The summed E-state index contributed by atoms with van der Waals surface area (Å²) in [5, 5.41) is 2.07. The van der Waals surface area contributed by atoms with Gasteiger partial charge in [0.15, 0.2) is 0 Å². The van der Waals surface area contributed by atoms with Crippen LogP contribution in [-0.4, -0.2) is 47.4 Å². The fourth-order valence-electron chi connectivity index (χ4n) is 3.79. The first-order chi connectivity index (χ1) is 12.7. The molecular weight excluding hydrogens is 416 g/mol. The minimum atomic E-state index is 0.366. The number of thiophene rings is 1. The van der Waals surface area contributed by atoms with E-state index >= 15 is 0 Å². The average molecular weight is 433 g/mol. The number of morpholine rings is 1. The second kappa shape index (κ2) is 6.44. The Kier molecular flexibility index (Phi) is 4.06. The quantitative estimate of drug-likeness (QED) is 0.625. The highest BCUT2D eigenvalue weighted by Gasteiger charge is 2.39. The Morgan fingerprint density at radius 2 is 2.04 bits per heavy atom. The third-order valence-electron chi connectivity index (χ3n) is 5.05. The topological polar surface area (TPSA) is 60.4 Å². The zero-order valence-electron chi connectivity index (χ0n) is 14.2. The number of pyridine rings is 1. The number of hydrogen-bond acceptors (Lipinski definition) is 7. The summed E-state index contributed by atoms with van der Waals surface area (Å²) < 4.78 is 13.0. The zero-order chi connectivity index (χ0) is 17.7. The largest absolute Gasteiger partial charge is 0.481 e. The summed E-state index contributed by atoms with van der Waals surface area (Å²) in [7, 11) is 1.62. The number of hydrogen-bond donors (Lipinski definition) is 0. The number of fused-ring (bicyclic) bond motifs is 3. The van der Waals surface area contributed by atoms with Crippen molar-refractivity contribution < 1.29 is 9.47 Å². The van der Waals surface area contributed by atoms with Gasteiger partial charge in [-0.3, -0.25) is 0 Å². The molecule has 2 aliphatic heterocycles. The number of aromatic nitrogens is 3. The van der Waals surface area contributed by atoms with Crippen LogP contribution in [0.1, 0.15) is 12.8 Å². The average Bonchev–Trinajstić information content (AvgIpc) is 3.17. The lowest BCUT2D eigenvalue weighted by Gasteiger charge is -2.34. The van der Waals surface area contributed by atoms with E-state index in [4.69, 9.17) is 19.4 Å². The van der Waals surface area contributed by atoms with E-state index in [9.17, 15) is 0 Å². The molecule has 2 aliphatic rings. The van der Waals surface area contributed by atoms with Gasteiger partial charge >= 0.3 is 0 Å². The van der Waals surface area contributed by atoms with Gasteiger partial charge in [-0.2, -0.15) is 0 Å². The Bertz CT molecular complexity index is 946. The van der Waals surface area contributed by atoms with Crippen LogP contribution in [0.15, 0.2) is 28.2 Å². The van der Waals surface area contributed by atoms with Gasteiger partial charge in [0.25, 0.3) is 0 Å². The Morgan fingerprint density at radius 3 is 2.73 bits per heavy atom. The highest BCUT2D eigenvalue weighted by Crippen LogP contribution is 2.39. The van der Waals surface area contributed by atoms with Gasteiger partial charge in [0, 0.05) is 23.2 Å². The van der Waals surface area contributed by atoms with Crippen molar-refractivity contribution in [3.05, 3.63) is 28.2 Å². The van der Waals surface area contributed by atoms with Gasteiger partial charge < -0.3 is 14.4 Å². The molecule has 2 bridgehead atoms. The van der Waals surface area contributed by atoms with Gasteiger partial charge in [0.2, 0.25) is 11.8 Å². The molecule has 0 amide bonds. The maximum atomic E-state index is 5.72. The third kappa shape index (κ3) is 2.59. The minimum Gasteiger partial charge on any atom is -0.481 e. The Hall–Kier alpha value is -1.77. The van der Waals surface area contributed by atoms with Gasteiger partial charge in [0.05, 0.1) is 47.3 Å². The van der Waals surface area contributed by atoms with Crippen LogP contribution in [0.25, 0.3) is 21.5 Å². The van der Waals surface area contributed by atoms with E-state index in [2.05, 4.69) is 31.2 Å². The second-order valence-corrected chi connectivity index (χ2v) is 8.29. The maximum absolute atomic E-state index is 5.72. The normalized spacial score (nSPS) is 22.2. The number of rotatable bonds is 3. The van der Waals surface area contributed by atoms with Crippen LogP contribution in [0.5, 0.6) is 5.88 Å². The first kappa shape index (κ1) is 16.4. The zero-order valence-corrected chi connectivity index (χ0v) is 16.6. The van der Waals surface area contributed by atoms with Crippen LogP contribution in [0.3, 0.4) is 0 Å². The predicted octanol–water partition coefficient (Wildman–Crippen LogP) is 3.89. The SMILES string of the molecule is COc1ccc(-c2nc(N3C4CCC3COC4)nc3c(Br)csc23)cn1. The number of anilines is 1. The standard InChI is InChI=1S/C18H17BrN4O2S/c1-24-14-5-2-10(6-20-14)15-17-16(13(19)9-26-17)22-18(21-15)23-11-3-4-12(23)8-25-7-11/h2,5-6,9,11-12H,3-4,7-8H2,1H3. The fourth-order valence-corrected chi connectivity index (χ4v) is 5.36. The summed E-state index contributed by atoms with van der Waals surface area (Å²) in [5.74, 6) is 1.39.